The van der Waals surface area contributed by atoms with Crippen LogP contribution in [0.3, 0.4) is 0 Å². The van der Waals surface area contributed by atoms with Gasteiger partial charge in [-0.25, -0.2) is 4.98 Å². The van der Waals surface area contributed by atoms with Gasteiger partial charge in [0.1, 0.15) is 17.6 Å². The molecule has 0 bridgehead atoms. The number of anilines is 2. The molecule has 43 heavy (non-hydrogen) atoms. The Balaban J connectivity index is 1.43. The number of benzene rings is 2. The molecule has 0 aliphatic carbocycles. The van der Waals surface area contributed by atoms with E-state index >= 15 is 0 Å². The predicted molar refractivity (Wildman–Crippen MR) is 152 cm³/mol. The van der Waals surface area contributed by atoms with Gasteiger partial charge in [-0.2, -0.15) is 13.2 Å². The number of carbonyl (C=O) groups is 3. The number of methoxy groups -OCH3 is 1. The number of aromatic nitrogens is 2. The zero-order valence-electron chi connectivity index (χ0n) is 22.5. The van der Waals surface area contributed by atoms with Crippen LogP contribution in [-0.2, 0) is 23.9 Å². The molecule has 1 aliphatic heterocycles. The van der Waals surface area contributed by atoms with Gasteiger partial charge in [0, 0.05) is 36.1 Å². The Morgan fingerprint density at radius 3 is 2.56 bits per heavy atom. The van der Waals surface area contributed by atoms with Crippen molar-refractivity contribution in [2.75, 3.05) is 17.7 Å². The van der Waals surface area contributed by atoms with Crippen LogP contribution >= 0.6 is 11.6 Å². The van der Waals surface area contributed by atoms with Crippen LogP contribution in [0.25, 0.3) is 0 Å². The van der Waals surface area contributed by atoms with Crippen LogP contribution in [0.1, 0.15) is 37.5 Å². The molecule has 0 spiro atoms. The Labute approximate surface area is 248 Å². The summed E-state index contributed by atoms with van der Waals surface area (Å²) < 4.78 is 44.0. The van der Waals surface area contributed by atoms with Gasteiger partial charge in [-0.15, -0.1) is 0 Å². The molecule has 1 atom stereocenters. The van der Waals surface area contributed by atoms with Crippen molar-refractivity contribution in [3.8, 4) is 5.75 Å². The number of hydrogen-bond donors (Lipinski definition) is 2. The third-order valence-electron chi connectivity index (χ3n) is 6.73. The SMILES string of the molecule is COc1cc(CN2C(=O)c3ccc(Cl)cc3NC(=O)C2Cc2ccccn2)ccc1C(=O)Nc1ccc(C(F)(F)F)cn1. The van der Waals surface area contributed by atoms with Crippen LogP contribution in [0.4, 0.5) is 24.7 Å². The third kappa shape index (κ3) is 6.59. The molecular weight excluding hydrogens is 587 g/mol. The summed E-state index contributed by atoms with van der Waals surface area (Å²) in [6.45, 7) is -0.0233. The molecule has 3 heterocycles. The van der Waals surface area contributed by atoms with Crippen molar-refractivity contribution in [2.24, 2.45) is 0 Å². The van der Waals surface area contributed by atoms with E-state index in [9.17, 15) is 27.6 Å². The molecule has 3 amide bonds. The summed E-state index contributed by atoms with van der Waals surface area (Å²) in [4.78, 5) is 49.6. The molecule has 220 valence electrons. The molecule has 0 radical (unpaired) electrons. The van der Waals surface area contributed by atoms with E-state index < -0.39 is 35.5 Å². The van der Waals surface area contributed by atoms with Crippen molar-refractivity contribution in [2.45, 2.75) is 25.2 Å². The highest BCUT2D eigenvalue weighted by Gasteiger charge is 2.36. The average molecular weight is 610 g/mol. The van der Waals surface area contributed by atoms with E-state index in [1.165, 1.54) is 24.1 Å². The maximum absolute atomic E-state index is 13.8. The fourth-order valence-electron chi connectivity index (χ4n) is 4.60. The van der Waals surface area contributed by atoms with E-state index in [0.29, 0.717) is 22.5 Å². The van der Waals surface area contributed by atoms with E-state index in [1.807, 2.05) is 0 Å². The Kier molecular flexibility index (Phi) is 8.31. The van der Waals surface area contributed by atoms with Gasteiger partial charge in [-0.05, 0) is 60.2 Å². The monoisotopic (exact) mass is 609 g/mol. The summed E-state index contributed by atoms with van der Waals surface area (Å²) in [5.74, 6) is -1.45. The largest absolute Gasteiger partial charge is 0.496 e. The number of alkyl halides is 3. The van der Waals surface area contributed by atoms with Gasteiger partial charge in [0.25, 0.3) is 11.8 Å². The number of hydrogen-bond acceptors (Lipinski definition) is 6. The lowest BCUT2D eigenvalue weighted by atomic mass is 10.0. The highest BCUT2D eigenvalue weighted by atomic mass is 35.5. The van der Waals surface area contributed by atoms with Gasteiger partial charge >= 0.3 is 6.18 Å². The number of nitrogens with one attached hydrogen (secondary N) is 2. The number of pyridine rings is 2. The minimum Gasteiger partial charge on any atom is -0.496 e. The van der Waals surface area contributed by atoms with E-state index in [4.69, 9.17) is 16.3 Å². The average Bonchev–Trinajstić information content (AvgIpc) is 3.07. The lowest BCUT2D eigenvalue weighted by Crippen LogP contribution is -2.46. The van der Waals surface area contributed by atoms with Crippen LogP contribution in [-0.4, -0.2) is 45.7 Å². The van der Waals surface area contributed by atoms with Crippen LogP contribution in [0.2, 0.25) is 5.02 Å². The maximum Gasteiger partial charge on any atom is 0.417 e. The van der Waals surface area contributed by atoms with Gasteiger partial charge in [0.15, 0.2) is 0 Å². The first-order chi connectivity index (χ1) is 20.5. The fraction of sp³-hybridized carbons (Fsp3) is 0.167. The Bertz CT molecular complexity index is 1680. The number of carbonyl (C=O) groups excluding carboxylic acids is 3. The van der Waals surface area contributed by atoms with E-state index in [0.717, 1.165) is 12.1 Å². The zero-order chi connectivity index (χ0) is 30.7. The number of halogens is 4. The predicted octanol–water partition coefficient (Wildman–Crippen LogP) is 5.62. The van der Waals surface area contributed by atoms with Gasteiger partial charge < -0.3 is 20.3 Å². The highest BCUT2D eigenvalue weighted by Crippen LogP contribution is 2.31. The van der Waals surface area contributed by atoms with Crippen LogP contribution in [0, 0.1) is 0 Å². The quantitative estimate of drug-likeness (QED) is 0.281. The van der Waals surface area contributed by atoms with Gasteiger partial charge in [-0.3, -0.25) is 19.4 Å². The molecule has 2 N–H and O–H groups in total. The lowest BCUT2D eigenvalue weighted by Gasteiger charge is -2.29. The minimum atomic E-state index is -4.56. The minimum absolute atomic E-state index is 0.0233. The standard InChI is InChI=1S/C30H23ClF3N5O4/c1-43-25-12-17(5-8-22(25)27(40)38-26-10-6-18(15-36-26)30(32,33)34)16-39-24(14-20-4-2-3-11-35-20)28(41)37-23-13-19(31)7-9-21(23)29(39)42/h2-13,15,24H,14,16H2,1H3,(H,37,41)(H,36,38,40). The molecule has 0 saturated carbocycles. The third-order valence-corrected chi connectivity index (χ3v) is 6.97. The zero-order valence-corrected chi connectivity index (χ0v) is 23.2. The molecule has 9 nitrogen and oxygen atoms in total. The molecule has 1 unspecified atom stereocenters. The maximum atomic E-state index is 13.8. The van der Waals surface area contributed by atoms with Crippen molar-refractivity contribution in [3.63, 3.8) is 0 Å². The summed E-state index contributed by atoms with van der Waals surface area (Å²) >= 11 is 6.13. The van der Waals surface area contributed by atoms with Crippen molar-refractivity contribution < 1.29 is 32.3 Å². The number of fused-ring (bicyclic) bond motifs is 1. The van der Waals surface area contributed by atoms with E-state index in [1.54, 1.807) is 48.7 Å². The highest BCUT2D eigenvalue weighted by molar-refractivity contribution is 6.31. The number of amides is 3. The normalized spacial score (nSPS) is 14.9. The topological polar surface area (TPSA) is 114 Å². The van der Waals surface area contributed by atoms with Crippen LogP contribution in [0.15, 0.2) is 79.1 Å². The number of nitrogens with zero attached hydrogens (tertiary/aromatic N) is 3. The second kappa shape index (κ2) is 12.1. The fourth-order valence-corrected chi connectivity index (χ4v) is 4.77. The molecule has 1 aliphatic rings. The summed E-state index contributed by atoms with van der Waals surface area (Å²) in [6, 6.07) is 15.4. The van der Waals surface area contributed by atoms with Gasteiger partial charge in [0.05, 0.1) is 29.5 Å². The second-order valence-corrected chi connectivity index (χ2v) is 10.0. The van der Waals surface area contributed by atoms with Crippen molar-refractivity contribution in [3.05, 3.63) is 112 Å². The first kappa shape index (κ1) is 29.5. The van der Waals surface area contributed by atoms with E-state index in [2.05, 4.69) is 20.6 Å². The van der Waals surface area contributed by atoms with Crippen molar-refractivity contribution in [1.82, 2.24) is 14.9 Å². The lowest BCUT2D eigenvalue weighted by molar-refractivity contribution is -0.137. The molecule has 0 fully saturated rings. The van der Waals surface area contributed by atoms with Gasteiger partial charge in [-0.1, -0.05) is 23.7 Å². The molecule has 2 aromatic carbocycles. The van der Waals surface area contributed by atoms with Gasteiger partial charge in [0.2, 0.25) is 5.91 Å². The smallest absolute Gasteiger partial charge is 0.417 e. The summed E-state index contributed by atoms with van der Waals surface area (Å²) in [5.41, 5.74) is 0.830. The van der Waals surface area contributed by atoms with Crippen molar-refractivity contribution >= 4 is 40.8 Å². The summed E-state index contributed by atoms with van der Waals surface area (Å²) in [5, 5.41) is 5.61. The molecule has 0 saturated heterocycles. The van der Waals surface area contributed by atoms with Crippen molar-refractivity contribution in [1.29, 1.82) is 0 Å². The van der Waals surface area contributed by atoms with Crippen LogP contribution in [0.5, 0.6) is 5.75 Å². The Hall–Kier alpha value is -4.97. The molecule has 13 heteroatoms. The molecule has 5 rings (SSSR count). The molecular formula is C30H23ClF3N5O4. The first-order valence-corrected chi connectivity index (χ1v) is 13.2. The Morgan fingerprint density at radius 1 is 1.07 bits per heavy atom. The van der Waals surface area contributed by atoms with Crippen LogP contribution < -0.4 is 15.4 Å². The Morgan fingerprint density at radius 2 is 1.88 bits per heavy atom. The summed E-state index contributed by atoms with van der Waals surface area (Å²) in [7, 11) is 1.35. The number of rotatable bonds is 7. The molecule has 4 aromatic rings. The van der Waals surface area contributed by atoms with E-state index in [-0.39, 0.29) is 41.3 Å². The first-order valence-electron chi connectivity index (χ1n) is 12.9. The summed E-state index contributed by atoms with van der Waals surface area (Å²) in [6.07, 6.45) is -2.20. The molecule has 2 aromatic heterocycles. The second-order valence-electron chi connectivity index (χ2n) is 9.57. The number of ether oxygens (including phenoxy) is 1.